The van der Waals surface area contributed by atoms with Crippen molar-refractivity contribution in [1.29, 1.82) is 0 Å². The van der Waals surface area contributed by atoms with Gasteiger partial charge in [0.25, 0.3) is 0 Å². The van der Waals surface area contributed by atoms with Gasteiger partial charge in [-0.05, 0) is 90.0 Å². The van der Waals surface area contributed by atoms with Gasteiger partial charge >= 0.3 is 0 Å². The lowest BCUT2D eigenvalue weighted by Gasteiger charge is -2.24. The zero-order valence-electron chi connectivity index (χ0n) is 12.1. The first-order valence-electron chi connectivity index (χ1n) is 7.40. The Labute approximate surface area is 137 Å². The summed E-state index contributed by atoms with van der Waals surface area (Å²) in [5, 5.41) is 3.67. The van der Waals surface area contributed by atoms with Gasteiger partial charge in [0.2, 0.25) is 0 Å². The molecule has 1 aliphatic rings. The fraction of sp³-hybridized carbons (Fsp3) is 0.412. The topological polar surface area (TPSA) is 12.0 Å². The Kier molecular flexibility index (Phi) is 4.77. The molecule has 3 rings (SSSR count). The molecule has 0 aliphatic heterocycles. The lowest BCUT2D eigenvalue weighted by Crippen LogP contribution is -2.26. The summed E-state index contributed by atoms with van der Waals surface area (Å²) < 4.78 is 14.3. The van der Waals surface area contributed by atoms with Crippen LogP contribution in [0.3, 0.4) is 0 Å². The second-order valence-electron chi connectivity index (χ2n) is 5.65. The number of thiophene rings is 1. The van der Waals surface area contributed by atoms with Crippen molar-refractivity contribution in [2.45, 2.75) is 38.6 Å². The van der Waals surface area contributed by atoms with E-state index in [9.17, 15) is 4.39 Å². The molecule has 4 heteroatoms. The Hall–Kier alpha value is -0.710. The molecule has 1 nitrogen and oxygen atoms in total. The molecule has 1 aromatic heterocycles. The van der Waals surface area contributed by atoms with E-state index in [1.54, 1.807) is 12.1 Å². The van der Waals surface area contributed by atoms with E-state index in [0.29, 0.717) is 6.04 Å². The fourth-order valence-corrected chi connectivity index (χ4v) is 4.87. The Morgan fingerprint density at radius 3 is 3.05 bits per heavy atom. The van der Waals surface area contributed by atoms with E-state index in [2.05, 4.69) is 27.3 Å². The van der Waals surface area contributed by atoms with Gasteiger partial charge in [0, 0.05) is 10.9 Å². The van der Waals surface area contributed by atoms with Gasteiger partial charge in [-0.1, -0.05) is 6.07 Å². The summed E-state index contributed by atoms with van der Waals surface area (Å²) in [6, 6.07) is 7.80. The van der Waals surface area contributed by atoms with Crippen LogP contribution in [0.15, 0.2) is 28.1 Å². The van der Waals surface area contributed by atoms with Crippen LogP contribution in [0, 0.1) is 12.7 Å². The Balaban J connectivity index is 1.61. The van der Waals surface area contributed by atoms with E-state index in [0.717, 1.165) is 18.5 Å². The van der Waals surface area contributed by atoms with Crippen LogP contribution >= 0.6 is 27.3 Å². The Bertz CT molecular complexity index is 638. The van der Waals surface area contributed by atoms with Gasteiger partial charge in [0.05, 0.1) is 3.79 Å². The maximum atomic E-state index is 13.1. The van der Waals surface area contributed by atoms with Crippen LogP contribution in [0.4, 0.5) is 4.39 Å². The van der Waals surface area contributed by atoms with Crippen LogP contribution in [-0.4, -0.2) is 6.54 Å². The molecule has 1 heterocycles. The van der Waals surface area contributed by atoms with E-state index in [4.69, 9.17) is 0 Å². The second-order valence-corrected chi connectivity index (χ2v) is 8.16. The number of fused-ring (bicyclic) bond motifs is 1. The monoisotopic (exact) mass is 367 g/mol. The number of aryl methyl sites for hydroxylation is 2. The first-order chi connectivity index (χ1) is 10.1. The molecule has 0 amide bonds. The second kappa shape index (κ2) is 6.59. The third-order valence-electron chi connectivity index (χ3n) is 4.17. The molecule has 112 valence electrons. The summed E-state index contributed by atoms with van der Waals surface area (Å²) in [5.74, 6) is -0.149. The lowest BCUT2D eigenvalue weighted by atomic mass is 9.94. The summed E-state index contributed by atoms with van der Waals surface area (Å²) in [4.78, 5) is 1.52. The molecule has 0 bridgehead atoms. The molecular weight excluding hydrogens is 349 g/mol. The number of nitrogens with one attached hydrogen (secondary N) is 1. The van der Waals surface area contributed by atoms with Gasteiger partial charge in [0.1, 0.15) is 5.82 Å². The molecule has 0 saturated carbocycles. The first kappa shape index (κ1) is 15.2. The number of hydrogen-bond acceptors (Lipinski definition) is 2. The van der Waals surface area contributed by atoms with E-state index in [1.165, 1.54) is 39.1 Å². The molecule has 1 N–H and O–H groups in total. The minimum atomic E-state index is -0.149. The first-order valence-corrected chi connectivity index (χ1v) is 9.01. The van der Waals surface area contributed by atoms with Crippen molar-refractivity contribution in [2.24, 2.45) is 0 Å². The highest BCUT2D eigenvalue weighted by atomic mass is 79.9. The van der Waals surface area contributed by atoms with Crippen LogP contribution in [0.1, 0.15) is 40.5 Å². The van der Waals surface area contributed by atoms with Crippen molar-refractivity contribution in [3.63, 3.8) is 0 Å². The van der Waals surface area contributed by atoms with E-state index >= 15 is 0 Å². The number of hydrogen-bond donors (Lipinski definition) is 1. The molecule has 0 radical (unpaired) electrons. The predicted octanol–water partition coefficient (Wildman–Crippen LogP) is 5.17. The van der Waals surface area contributed by atoms with Crippen molar-refractivity contribution in [3.8, 4) is 0 Å². The van der Waals surface area contributed by atoms with E-state index in [1.807, 2.05) is 24.3 Å². The minimum Gasteiger partial charge on any atom is -0.310 e. The van der Waals surface area contributed by atoms with Gasteiger partial charge in [-0.2, -0.15) is 0 Å². The van der Waals surface area contributed by atoms with Crippen LogP contribution in [0.25, 0.3) is 0 Å². The van der Waals surface area contributed by atoms with Gasteiger partial charge in [0.15, 0.2) is 0 Å². The molecule has 1 aliphatic carbocycles. The van der Waals surface area contributed by atoms with Crippen LogP contribution < -0.4 is 5.32 Å². The lowest BCUT2D eigenvalue weighted by molar-refractivity contribution is 0.466. The fourth-order valence-electron chi connectivity index (χ4n) is 3.05. The molecule has 0 fully saturated rings. The zero-order valence-corrected chi connectivity index (χ0v) is 14.5. The SMILES string of the molecule is Cc1cc(F)ccc1CCNC1CCCc2sc(Br)cc21. The quantitative estimate of drug-likeness (QED) is 0.785. The third kappa shape index (κ3) is 3.55. The van der Waals surface area contributed by atoms with Gasteiger partial charge in [-0.15, -0.1) is 11.3 Å². The summed E-state index contributed by atoms with van der Waals surface area (Å²) >= 11 is 5.46. The Morgan fingerprint density at radius 2 is 2.24 bits per heavy atom. The summed E-state index contributed by atoms with van der Waals surface area (Å²) in [5.41, 5.74) is 3.74. The zero-order chi connectivity index (χ0) is 14.8. The van der Waals surface area contributed by atoms with Gasteiger partial charge in [-0.25, -0.2) is 4.39 Å². The van der Waals surface area contributed by atoms with E-state index < -0.39 is 0 Å². The highest BCUT2D eigenvalue weighted by Crippen LogP contribution is 2.37. The number of benzene rings is 1. The van der Waals surface area contributed by atoms with Crippen molar-refractivity contribution < 1.29 is 4.39 Å². The van der Waals surface area contributed by atoms with Crippen molar-refractivity contribution in [2.75, 3.05) is 6.54 Å². The normalized spacial score (nSPS) is 17.8. The maximum Gasteiger partial charge on any atom is 0.123 e. The van der Waals surface area contributed by atoms with Crippen molar-refractivity contribution >= 4 is 27.3 Å². The smallest absolute Gasteiger partial charge is 0.123 e. The molecule has 1 atom stereocenters. The third-order valence-corrected chi connectivity index (χ3v) is 5.89. The van der Waals surface area contributed by atoms with E-state index in [-0.39, 0.29) is 5.82 Å². The summed E-state index contributed by atoms with van der Waals surface area (Å²) in [6.45, 7) is 2.91. The average molecular weight is 368 g/mol. The highest BCUT2D eigenvalue weighted by Gasteiger charge is 2.21. The Morgan fingerprint density at radius 1 is 1.38 bits per heavy atom. The minimum absolute atomic E-state index is 0.149. The number of halogens is 2. The molecule has 1 aromatic carbocycles. The largest absolute Gasteiger partial charge is 0.310 e. The standard InChI is InChI=1S/C17H19BrFNS/c1-11-9-13(19)6-5-12(11)7-8-20-15-3-2-4-16-14(15)10-17(18)21-16/h5-6,9-10,15,20H,2-4,7-8H2,1H3. The van der Waals surface area contributed by atoms with Gasteiger partial charge < -0.3 is 5.32 Å². The van der Waals surface area contributed by atoms with Crippen LogP contribution in [0.2, 0.25) is 0 Å². The summed E-state index contributed by atoms with van der Waals surface area (Å²) in [7, 11) is 0. The van der Waals surface area contributed by atoms with Crippen LogP contribution in [-0.2, 0) is 12.8 Å². The highest BCUT2D eigenvalue weighted by molar-refractivity contribution is 9.11. The van der Waals surface area contributed by atoms with Crippen molar-refractivity contribution in [1.82, 2.24) is 5.32 Å². The predicted molar refractivity (Wildman–Crippen MR) is 90.5 cm³/mol. The molecule has 0 spiro atoms. The molecule has 21 heavy (non-hydrogen) atoms. The molecule has 0 saturated heterocycles. The molecule has 2 aromatic rings. The maximum absolute atomic E-state index is 13.1. The summed E-state index contributed by atoms with van der Waals surface area (Å²) in [6.07, 6.45) is 4.62. The number of rotatable bonds is 4. The molecular formula is C17H19BrFNS. The van der Waals surface area contributed by atoms with Crippen LogP contribution in [0.5, 0.6) is 0 Å². The average Bonchev–Trinajstić information content (AvgIpc) is 2.82. The van der Waals surface area contributed by atoms with Gasteiger partial charge in [-0.3, -0.25) is 0 Å². The van der Waals surface area contributed by atoms with Crippen molar-refractivity contribution in [3.05, 3.63) is 55.4 Å². The molecule has 1 unspecified atom stereocenters.